The molecule has 0 spiro atoms. The molecule has 0 aliphatic carbocycles. The predicted octanol–water partition coefficient (Wildman–Crippen LogP) is 4.40. The minimum atomic E-state index is -0.148. The number of hydrogen-bond acceptors (Lipinski definition) is 8. The second-order valence-electron chi connectivity index (χ2n) is 8.27. The summed E-state index contributed by atoms with van der Waals surface area (Å²) < 4.78 is 16.0. The molecule has 1 fully saturated rings. The minimum Gasteiger partial charge on any atom is -0.497 e. The maximum Gasteiger partial charge on any atom is 0.258 e. The topological polar surface area (TPSA) is 103 Å². The van der Waals surface area contributed by atoms with Gasteiger partial charge >= 0.3 is 0 Å². The van der Waals surface area contributed by atoms with Gasteiger partial charge in [0.25, 0.3) is 5.91 Å². The summed E-state index contributed by atoms with van der Waals surface area (Å²) >= 11 is 0. The predicted molar refractivity (Wildman–Crippen MR) is 127 cm³/mol. The second-order valence-corrected chi connectivity index (χ2v) is 8.27. The first-order chi connectivity index (χ1) is 17.1. The Morgan fingerprint density at radius 2 is 2.03 bits per heavy atom. The van der Waals surface area contributed by atoms with Crippen LogP contribution in [0.4, 0.5) is 0 Å². The summed E-state index contributed by atoms with van der Waals surface area (Å²) in [4.78, 5) is 24.8. The summed E-state index contributed by atoms with van der Waals surface area (Å²) in [7, 11) is 1.63. The third kappa shape index (κ3) is 4.70. The van der Waals surface area contributed by atoms with Crippen molar-refractivity contribution < 1.29 is 18.9 Å². The molecule has 1 amide bonds. The van der Waals surface area contributed by atoms with Gasteiger partial charge in [-0.05, 0) is 50.1 Å². The van der Waals surface area contributed by atoms with E-state index in [4.69, 9.17) is 19.1 Å². The molecule has 0 N–H and O–H groups in total. The zero-order valence-electron chi connectivity index (χ0n) is 19.5. The molecule has 178 valence electrons. The Kier molecular flexibility index (Phi) is 6.38. The first-order valence-corrected chi connectivity index (χ1v) is 11.4. The van der Waals surface area contributed by atoms with Crippen molar-refractivity contribution in [3.05, 3.63) is 83.4 Å². The molecule has 1 aliphatic heterocycles. The fourth-order valence-electron chi connectivity index (χ4n) is 4.23. The number of carbonyl (C=O) groups excluding carboxylic acids is 1. The molecule has 3 heterocycles. The van der Waals surface area contributed by atoms with Crippen molar-refractivity contribution in [2.75, 3.05) is 13.7 Å². The fourth-order valence-corrected chi connectivity index (χ4v) is 4.23. The van der Waals surface area contributed by atoms with Crippen molar-refractivity contribution in [3.8, 4) is 22.9 Å². The van der Waals surface area contributed by atoms with E-state index >= 15 is 0 Å². The van der Waals surface area contributed by atoms with Gasteiger partial charge in [0.05, 0.1) is 24.4 Å². The molecule has 0 bridgehead atoms. The van der Waals surface area contributed by atoms with Gasteiger partial charge in [-0.2, -0.15) is 0 Å². The van der Waals surface area contributed by atoms with E-state index in [1.54, 1.807) is 32.4 Å². The Bertz CT molecular complexity index is 1340. The van der Waals surface area contributed by atoms with Crippen LogP contribution in [0.3, 0.4) is 0 Å². The number of hydrogen-bond donors (Lipinski definition) is 0. The minimum absolute atomic E-state index is 0.0976. The van der Waals surface area contributed by atoms with E-state index in [2.05, 4.69) is 15.3 Å². The Hall–Kier alpha value is -4.27. The number of benzene rings is 2. The Morgan fingerprint density at radius 3 is 2.86 bits per heavy atom. The third-order valence-corrected chi connectivity index (χ3v) is 6.09. The number of carbonyl (C=O) groups is 1. The Morgan fingerprint density at radius 1 is 1.14 bits per heavy atom. The zero-order chi connectivity index (χ0) is 24.2. The highest BCUT2D eigenvalue weighted by molar-refractivity contribution is 5.97. The van der Waals surface area contributed by atoms with E-state index in [-0.39, 0.29) is 18.6 Å². The van der Waals surface area contributed by atoms with E-state index in [1.165, 1.54) is 0 Å². The monoisotopic (exact) mass is 471 g/mol. The molecule has 0 radical (unpaired) electrons. The van der Waals surface area contributed by atoms with Gasteiger partial charge in [0, 0.05) is 18.3 Å². The number of methoxy groups -OCH3 is 1. The molecule has 5 rings (SSSR count). The summed E-state index contributed by atoms with van der Waals surface area (Å²) in [5, 5.41) is 7.62. The van der Waals surface area contributed by atoms with E-state index in [0.29, 0.717) is 35.1 Å². The quantitative estimate of drug-likeness (QED) is 0.391. The summed E-state index contributed by atoms with van der Waals surface area (Å²) in [6, 6.07) is 16.6. The van der Waals surface area contributed by atoms with Crippen LogP contribution in [0.25, 0.3) is 11.4 Å². The Balaban J connectivity index is 1.39. The lowest BCUT2D eigenvalue weighted by Gasteiger charge is -2.25. The first-order valence-electron chi connectivity index (χ1n) is 11.4. The first kappa shape index (κ1) is 22.5. The highest BCUT2D eigenvalue weighted by atomic mass is 16.6. The van der Waals surface area contributed by atoms with Crippen LogP contribution in [0.1, 0.15) is 46.3 Å². The highest BCUT2D eigenvalue weighted by Gasteiger charge is 2.33. The van der Waals surface area contributed by atoms with Crippen LogP contribution in [-0.2, 0) is 6.61 Å². The van der Waals surface area contributed by atoms with Gasteiger partial charge in [0.1, 0.15) is 29.5 Å². The van der Waals surface area contributed by atoms with Gasteiger partial charge in [0.15, 0.2) is 5.82 Å². The van der Waals surface area contributed by atoms with Crippen LogP contribution in [-0.4, -0.2) is 44.7 Å². The molecule has 1 atom stereocenters. The van der Waals surface area contributed by atoms with E-state index in [9.17, 15) is 4.79 Å². The number of ether oxygens (including phenoxy) is 2. The van der Waals surface area contributed by atoms with Crippen LogP contribution in [0.2, 0.25) is 0 Å². The van der Waals surface area contributed by atoms with Crippen LogP contribution in [0.15, 0.2) is 65.4 Å². The van der Waals surface area contributed by atoms with Crippen molar-refractivity contribution in [2.45, 2.75) is 32.4 Å². The molecule has 2 aromatic carbocycles. The molecule has 0 unspecified atom stereocenters. The maximum absolute atomic E-state index is 13.7. The molecule has 9 nitrogen and oxygen atoms in total. The van der Waals surface area contributed by atoms with Crippen LogP contribution in [0.5, 0.6) is 11.5 Å². The lowest BCUT2D eigenvalue weighted by atomic mass is 10.1. The highest BCUT2D eigenvalue weighted by Crippen LogP contribution is 2.34. The van der Waals surface area contributed by atoms with Crippen molar-refractivity contribution in [1.82, 2.24) is 25.2 Å². The maximum atomic E-state index is 13.7. The van der Waals surface area contributed by atoms with E-state index in [0.717, 1.165) is 29.8 Å². The normalized spacial score (nSPS) is 15.3. The molecule has 9 heteroatoms. The Labute approximate surface area is 202 Å². The van der Waals surface area contributed by atoms with E-state index in [1.807, 2.05) is 47.4 Å². The van der Waals surface area contributed by atoms with Crippen molar-refractivity contribution >= 4 is 5.91 Å². The SMILES string of the molecule is COc1cccc(-c2nccc([C@H]3CCCN3C(=O)c3ccccc3OCc3nonc3C)n2)c1. The number of amides is 1. The van der Waals surface area contributed by atoms with E-state index < -0.39 is 0 Å². The molecule has 1 aliphatic rings. The largest absolute Gasteiger partial charge is 0.497 e. The number of likely N-dealkylation sites (tertiary alicyclic amines) is 1. The van der Waals surface area contributed by atoms with Gasteiger partial charge in [0.2, 0.25) is 0 Å². The average molecular weight is 472 g/mol. The summed E-state index contributed by atoms with van der Waals surface area (Å²) in [6.45, 7) is 2.60. The lowest BCUT2D eigenvalue weighted by molar-refractivity contribution is 0.0728. The molecule has 2 aromatic heterocycles. The van der Waals surface area contributed by atoms with Crippen molar-refractivity contribution in [3.63, 3.8) is 0 Å². The number of nitrogens with zero attached hydrogens (tertiary/aromatic N) is 5. The van der Waals surface area contributed by atoms with Crippen LogP contribution >= 0.6 is 0 Å². The van der Waals surface area contributed by atoms with Crippen molar-refractivity contribution in [1.29, 1.82) is 0 Å². The molecule has 35 heavy (non-hydrogen) atoms. The van der Waals surface area contributed by atoms with Crippen LogP contribution < -0.4 is 9.47 Å². The molecular weight excluding hydrogens is 446 g/mol. The summed E-state index contributed by atoms with van der Waals surface area (Å²) in [6.07, 6.45) is 3.46. The number of aromatic nitrogens is 4. The number of rotatable bonds is 7. The average Bonchev–Trinajstić information content (AvgIpc) is 3.56. The molecule has 0 saturated carbocycles. The van der Waals surface area contributed by atoms with Gasteiger partial charge < -0.3 is 14.4 Å². The second kappa shape index (κ2) is 9.92. The van der Waals surface area contributed by atoms with Gasteiger partial charge in [-0.15, -0.1) is 0 Å². The third-order valence-electron chi connectivity index (χ3n) is 6.09. The number of para-hydroxylation sites is 1. The van der Waals surface area contributed by atoms with Crippen LogP contribution in [0, 0.1) is 6.92 Å². The number of aryl methyl sites for hydroxylation is 1. The smallest absolute Gasteiger partial charge is 0.258 e. The zero-order valence-corrected chi connectivity index (χ0v) is 19.5. The van der Waals surface area contributed by atoms with Gasteiger partial charge in [-0.3, -0.25) is 4.79 Å². The van der Waals surface area contributed by atoms with Gasteiger partial charge in [-0.25, -0.2) is 14.6 Å². The fraction of sp³-hybridized carbons (Fsp3) is 0.269. The molecule has 1 saturated heterocycles. The lowest BCUT2D eigenvalue weighted by Crippen LogP contribution is -2.31. The van der Waals surface area contributed by atoms with Crippen molar-refractivity contribution in [2.24, 2.45) is 0 Å². The summed E-state index contributed by atoms with van der Waals surface area (Å²) in [5.41, 5.74) is 3.42. The molecular formula is C26H25N5O4. The molecule has 4 aromatic rings. The van der Waals surface area contributed by atoms with Gasteiger partial charge in [-0.1, -0.05) is 34.6 Å². The summed E-state index contributed by atoms with van der Waals surface area (Å²) in [5.74, 6) is 1.73. The standard InChI is InChI=1S/C26H25N5O4/c1-17-22(30-35-29-17)16-34-24-11-4-3-9-20(24)26(32)31-14-6-10-23(31)21-12-13-27-25(28-21)18-7-5-8-19(15-18)33-2/h3-5,7-9,11-13,15,23H,6,10,14,16H2,1-2H3/t23-/m1/s1.